The molecule has 0 aromatic rings. The molecule has 0 saturated heterocycles. The van der Waals surface area contributed by atoms with Gasteiger partial charge in [-0.1, -0.05) is 6.92 Å². The molecular weight excluding hydrogens is 166 g/mol. The molecule has 0 atom stereocenters. The Morgan fingerprint density at radius 1 is 1.45 bits per heavy atom. The van der Waals surface area contributed by atoms with Crippen molar-refractivity contribution in [1.29, 1.82) is 0 Å². The van der Waals surface area contributed by atoms with Gasteiger partial charge in [0.05, 0.1) is 5.25 Å². The summed E-state index contributed by atoms with van der Waals surface area (Å²) in [6.07, 6.45) is 1.10. The summed E-state index contributed by atoms with van der Waals surface area (Å²) in [6.45, 7) is 5.70. The van der Waals surface area contributed by atoms with Crippen LogP contribution in [0.3, 0.4) is 0 Å². The lowest BCUT2D eigenvalue weighted by molar-refractivity contribution is 0.473. The third kappa shape index (κ3) is 13.0. The zero-order valence-electron chi connectivity index (χ0n) is 7.24. The van der Waals surface area contributed by atoms with Gasteiger partial charge in [0.1, 0.15) is 0 Å². The largest absolute Gasteiger partial charge is 0.330 e. The lowest BCUT2D eigenvalue weighted by atomic mass is 10.5. The van der Waals surface area contributed by atoms with E-state index in [-0.39, 0.29) is 0 Å². The molecule has 0 fully saturated rings. The molecule has 70 valence electrons. The van der Waals surface area contributed by atoms with Gasteiger partial charge >= 0.3 is 0 Å². The maximum atomic E-state index is 9.89. The molecule has 0 amide bonds. The van der Waals surface area contributed by atoms with E-state index in [0.29, 0.717) is 0 Å². The smallest absolute Gasteiger partial charge is 0.267 e. The van der Waals surface area contributed by atoms with Crippen molar-refractivity contribution in [2.24, 2.45) is 5.73 Å². The first-order valence-electron chi connectivity index (χ1n) is 3.52. The zero-order chi connectivity index (χ0) is 9.49. The van der Waals surface area contributed by atoms with E-state index in [2.05, 4.69) is 6.92 Å². The summed E-state index contributed by atoms with van der Waals surface area (Å²) in [5, 5.41) is -0.674. The number of hydrogen-bond donors (Lipinski definition) is 2. The van der Waals surface area contributed by atoms with E-state index in [1.54, 1.807) is 0 Å². The molecule has 0 heterocycles. The number of hydrogen-bond acceptors (Lipinski definition) is 3. The summed E-state index contributed by atoms with van der Waals surface area (Å²) in [7, 11) is -3.74. The van der Waals surface area contributed by atoms with Gasteiger partial charge < -0.3 is 5.73 Å². The predicted octanol–water partition coefficient (Wildman–Crippen LogP) is 0.638. The van der Waals surface area contributed by atoms with E-state index < -0.39 is 15.4 Å². The maximum Gasteiger partial charge on any atom is 0.267 e. The van der Waals surface area contributed by atoms with Crippen molar-refractivity contribution in [3.05, 3.63) is 0 Å². The van der Waals surface area contributed by atoms with Gasteiger partial charge in [0.15, 0.2) is 0 Å². The molecule has 5 heteroatoms. The molecule has 0 aliphatic rings. The fourth-order valence-corrected chi connectivity index (χ4v) is 0. The number of rotatable bonds is 2. The molecule has 0 rings (SSSR count). The SMILES string of the molecule is CC(C)S(=O)(=O)O.CCCN. The van der Waals surface area contributed by atoms with Crippen LogP contribution < -0.4 is 5.73 Å². The zero-order valence-corrected chi connectivity index (χ0v) is 8.06. The van der Waals surface area contributed by atoms with Crippen LogP contribution in [0.15, 0.2) is 0 Å². The average Bonchev–Trinajstić information content (AvgIpc) is 1.87. The molecular formula is C6H17NO3S. The van der Waals surface area contributed by atoms with Crippen LogP contribution in [0.1, 0.15) is 27.2 Å². The van der Waals surface area contributed by atoms with Gasteiger partial charge in [0.2, 0.25) is 0 Å². The highest BCUT2D eigenvalue weighted by Crippen LogP contribution is 1.91. The Balaban J connectivity index is 0. The van der Waals surface area contributed by atoms with Crippen LogP contribution in [0, 0.1) is 0 Å². The van der Waals surface area contributed by atoms with Gasteiger partial charge in [0.25, 0.3) is 10.1 Å². The van der Waals surface area contributed by atoms with Crippen LogP contribution in [-0.4, -0.2) is 24.8 Å². The van der Waals surface area contributed by atoms with Crippen LogP contribution in [0.5, 0.6) is 0 Å². The minimum atomic E-state index is -3.74. The second kappa shape index (κ2) is 6.57. The monoisotopic (exact) mass is 183 g/mol. The van der Waals surface area contributed by atoms with E-state index in [0.717, 1.165) is 13.0 Å². The van der Waals surface area contributed by atoms with E-state index in [1.165, 1.54) is 13.8 Å². The second-order valence-electron chi connectivity index (χ2n) is 2.35. The molecule has 0 radical (unpaired) electrons. The highest BCUT2D eigenvalue weighted by atomic mass is 32.2. The molecule has 0 aromatic heterocycles. The Kier molecular flexibility index (Phi) is 8.04. The summed E-state index contributed by atoms with van der Waals surface area (Å²) < 4.78 is 27.8. The lowest BCUT2D eigenvalue weighted by Crippen LogP contribution is -2.10. The Labute approximate surface area is 68.5 Å². The predicted molar refractivity (Wildman–Crippen MR) is 46.0 cm³/mol. The maximum absolute atomic E-state index is 9.89. The van der Waals surface area contributed by atoms with E-state index in [1.807, 2.05) is 0 Å². The first kappa shape index (κ1) is 13.5. The van der Waals surface area contributed by atoms with Crippen molar-refractivity contribution in [3.63, 3.8) is 0 Å². The minimum Gasteiger partial charge on any atom is -0.330 e. The van der Waals surface area contributed by atoms with Gasteiger partial charge in [-0.2, -0.15) is 8.42 Å². The molecule has 3 N–H and O–H groups in total. The van der Waals surface area contributed by atoms with Crippen molar-refractivity contribution < 1.29 is 13.0 Å². The highest BCUT2D eigenvalue weighted by molar-refractivity contribution is 7.86. The van der Waals surface area contributed by atoms with Crippen molar-refractivity contribution in [2.75, 3.05) is 6.54 Å². The van der Waals surface area contributed by atoms with E-state index >= 15 is 0 Å². The molecule has 0 aliphatic heterocycles. The molecule has 0 spiro atoms. The summed E-state index contributed by atoms with van der Waals surface area (Å²) >= 11 is 0. The van der Waals surface area contributed by atoms with Gasteiger partial charge in [-0.15, -0.1) is 0 Å². The van der Waals surface area contributed by atoms with Crippen LogP contribution in [0.25, 0.3) is 0 Å². The normalized spacial score (nSPS) is 10.7. The van der Waals surface area contributed by atoms with Gasteiger partial charge in [-0.25, -0.2) is 0 Å². The van der Waals surface area contributed by atoms with Crippen molar-refractivity contribution in [3.8, 4) is 0 Å². The van der Waals surface area contributed by atoms with Crippen LogP contribution in [-0.2, 0) is 10.1 Å². The standard InChI is InChI=1S/C3H9N.C3H8O3S/c1-2-3-4;1-3(2)7(4,5)6/h2-4H2,1H3;3H,1-2H3,(H,4,5,6). The summed E-state index contributed by atoms with van der Waals surface area (Å²) in [5.41, 5.74) is 5.03. The van der Waals surface area contributed by atoms with E-state index in [9.17, 15) is 8.42 Å². The van der Waals surface area contributed by atoms with E-state index in [4.69, 9.17) is 10.3 Å². The summed E-state index contributed by atoms with van der Waals surface area (Å²) in [6, 6.07) is 0. The first-order valence-corrected chi connectivity index (χ1v) is 5.02. The fraction of sp³-hybridized carbons (Fsp3) is 1.00. The first-order chi connectivity index (χ1) is 4.86. The Hall–Kier alpha value is -0.130. The van der Waals surface area contributed by atoms with Crippen LogP contribution >= 0.6 is 0 Å². The van der Waals surface area contributed by atoms with Gasteiger partial charge in [-0.05, 0) is 26.8 Å². The molecule has 4 nitrogen and oxygen atoms in total. The Morgan fingerprint density at radius 3 is 1.64 bits per heavy atom. The van der Waals surface area contributed by atoms with Crippen LogP contribution in [0.4, 0.5) is 0 Å². The van der Waals surface area contributed by atoms with Crippen molar-refractivity contribution in [1.82, 2.24) is 0 Å². The molecule has 0 saturated carbocycles. The third-order valence-electron chi connectivity index (χ3n) is 0.884. The molecule has 0 bridgehead atoms. The fourth-order valence-electron chi connectivity index (χ4n) is 0. The molecule has 11 heavy (non-hydrogen) atoms. The average molecular weight is 183 g/mol. The third-order valence-corrected chi connectivity index (χ3v) is 2.08. The summed E-state index contributed by atoms with van der Waals surface area (Å²) in [5.74, 6) is 0. The Morgan fingerprint density at radius 2 is 1.64 bits per heavy atom. The van der Waals surface area contributed by atoms with Crippen molar-refractivity contribution in [2.45, 2.75) is 32.4 Å². The van der Waals surface area contributed by atoms with Gasteiger partial charge in [-0.3, -0.25) is 4.55 Å². The van der Waals surface area contributed by atoms with Crippen molar-refractivity contribution >= 4 is 10.1 Å². The lowest BCUT2D eigenvalue weighted by Gasteiger charge is -1.94. The quantitative estimate of drug-likeness (QED) is 0.615. The summed E-state index contributed by atoms with van der Waals surface area (Å²) in [4.78, 5) is 0. The molecule has 0 unspecified atom stereocenters. The van der Waals surface area contributed by atoms with Crippen LogP contribution in [0.2, 0.25) is 0 Å². The van der Waals surface area contributed by atoms with Gasteiger partial charge in [0, 0.05) is 0 Å². The second-order valence-corrected chi connectivity index (χ2v) is 4.33. The topological polar surface area (TPSA) is 80.4 Å². The highest BCUT2D eigenvalue weighted by Gasteiger charge is 2.08. The molecule has 0 aromatic carbocycles. The minimum absolute atomic E-state index is 0.674. The number of nitrogens with two attached hydrogens (primary N) is 1. The Bertz CT molecular complexity index is 161. The molecule has 0 aliphatic carbocycles.